The van der Waals surface area contributed by atoms with Crippen molar-refractivity contribution in [1.82, 2.24) is 0 Å². The number of carbonyl (C=O) groups excluding carboxylic acids is 2. The SMILES string of the molecule is Cc1cccc(Br)c1.Nc1cccc2c1C(=O)c1ccccc1C2=O. The van der Waals surface area contributed by atoms with E-state index in [1.165, 1.54) is 5.56 Å². The molecule has 4 heteroatoms. The van der Waals surface area contributed by atoms with Crippen molar-refractivity contribution < 1.29 is 9.59 Å². The van der Waals surface area contributed by atoms with E-state index in [0.29, 0.717) is 27.9 Å². The lowest BCUT2D eigenvalue weighted by Gasteiger charge is -2.18. The molecule has 0 spiro atoms. The van der Waals surface area contributed by atoms with Gasteiger partial charge in [-0.3, -0.25) is 9.59 Å². The summed E-state index contributed by atoms with van der Waals surface area (Å²) >= 11 is 3.36. The van der Waals surface area contributed by atoms with Crippen LogP contribution in [0.1, 0.15) is 37.4 Å². The minimum atomic E-state index is -0.173. The standard InChI is InChI=1S/C14H9NO2.C7H7Br/c15-11-7-3-6-10-12(11)14(17)9-5-2-1-4-8(9)13(10)16;1-6-3-2-4-7(8)5-6/h1-7H,15H2;2-5H,1H3. The van der Waals surface area contributed by atoms with Gasteiger partial charge in [0.1, 0.15) is 0 Å². The van der Waals surface area contributed by atoms with Crippen molar-refractivity contribution in [2.24, 2.45) is 0 Å². The van der Waals surface area contributed by atoms with Crippen LogP contribution in [0.15, 0.2) is 71.2 Å². The summed E-state index contributed by atoms with van der Waals surface area (Å²) in [4.78, 5) is 24.4. The Hall–Kier alpha value is -2.72. The Morgan fingerprint density at radius 3 is 1.96 bits per heavy atom. The van der Waals surface area contributed by atoms with Crippen LogP contribution in [0, 0.1) is 6.92 Å². The number of halogens is 1. The van der Waals surface area contributed by atoms with Crippen molar-refractivity contribution in [2.75, 3.05) is 5.73 Å². The highest BCUT2D eigenvalue weighted by Crippen LogP contribution is 2.30. The molecular formula is C21H16BrNO2. The molecule has 0 aromatic heterocycles. The van der Waals surface area contributed by atoms with Crippen molar-refractivity contribution >= 4 is 33.2 Å². The van der Waals surface area contributed by atoms with Gasteiger partial charge >= 0.3 is 0 Å². The van der Waals surface area contributed by atoms with Crippen LogP contribution in [-0.2, 0) is 0 Å². The highest BCUT2D eigenvalue weighted by atomic mass is 79.9. The van der Waals surface area contributed by atoms with Crippen LogP contribution in [0.3, 0.4) is 0 Å². The Labute approximate surface area is 154 Å². The molecule has 0 heterocycles. The maximum absolute atomic E-state index is 12.2. The number of hydrogen-bond acceptors (Lipinski definition) is 3. The number of aryl methyl sites for hydroxylation is 1. The van der Waals surface area contributed by atoms with E-state index in [4.69, 9.17) is 5.73 Å². The van der Waals surface area contributed by atoms with E-state index in [-0.39, 0.29) is 11.6 Å². The third-order valence-electron chi connectivity index (χ3n) is 3.96. The van der Waals surface area contributed by atoms with E-state index >= 15 is 0 Å². The molecular weight excluding hydrogens is 378 g/mol. The van der Waals surface area contributed by atoms with E-state index in [1.54, 1.807) is 42.5 Å². The van der Waals surface area contributed by atoms with E-state index in [9.17, 15) is 9.59 Å². The highest BCUT2D eigenvalue weighted by molar-refractivity contribution is 9.10. The van der Waals surface area contributed by atoms with E-state index in [1.807, 2.05) is 12.1 Å². The molecule has 0 radical (unpaired) electrons. The third kappa shape index (κ3) is 3.39. The topological polar surface area (TPSA) is 60.2 Å². The molecule has 0 fully saturated rings. The molecule has 2 N–H and O–H groups in total. The summed E-state index contributed by atoms with van der Waals surface area (Å²) in [7, 11) is 0. The number of nitrogens with two attached hydrogens (primary N) is 1. The summed E-state index contributed by atoms with van der Waals surface area (Å²) in [5.74, 6) is -0.309. The maximum atomic E-state index is 12.2. The molecule has 3 nitrogen and oxygen atoms in total. The lowest BCUT2D eigenvalue weighted by Crippen LogP contribution is -2.22. The van der Waals surface area contributed by atoms with Crippen LogP contribution in [0.2, 0.25) is 0 Å². The molecule has 0 unspecified atom stereocenters. The first-order valence-corrected chi connectivity index (χ1v) is 8.57. The van der Waals surface area contributed by atoms with Crippen LogP contribution in [-0.4, -0.2) is 11.6 Å². The molecule has 4 rings (SSSR count). The number of benzene rings is 3. The molecule has 0 aliphatic heterocycles. The summed E-state index contributed by atoms with van der Waals surface area (Å²) in [6.07, 6.45) is 0. The van der Waals surface area contributed by atoms with Gasteiger partial charge < -0.3 is 5.73 Å². The van der Waals surface area contributed by atoms with Gasteiger partial charge in [-0.15, -0.1) is 0 Å². The second-order valence-electron chi connectivity index (χ2n) is 5.77. The number of ketones is 2. The summed E-state index contributed by atoms with van der Waals surface area (Å²) in [5.41, 5.74) is 9.04. The largest absolute Gasteiger partial charge is 0.398 e. The van der Waals surface area contributed by atoms with Gasteiger partial charge in [0.2, 0.25) is 0 Å². The number of rotatable bonds is 0. The number of hydrogen-bond donors (Lipinski definition) is 1. The number of anilines is 1. The van der Waals surface area contributed by atoms with Gasteiger partial charge in [0.15, 0.2) is 11.6 Å². The first-order valence-electron chi connectivity index (χ1n) is 7.78. The molecule has 1 aliphatic carbocycles. The predicted molar refractivity (Wildman–Crippen MR) is 103 cm³/mol. The fourth-order valence-corrected chi connectivity index (χ4v) is 3.29. The van der Waals surface area contributed by atoms with Gasteiger partial charge in [-0.1, -0.05) is 70.0 Å². The van der Waals surface area contributed by atoms with Crippen LogP contribution < -0.4 is 5.73 Å². The Balaban J connectivity index is 0.000000192. The van der Waals surface area contributed by atoms with Gasteiger partial charge in [-0.25, -0.2) is 0 Å². The van der Waals surface area contributed by atoms with Crippen molar-refractivity contribution in [3.05, 3.63) is 99.0 Å². The van der Waals surface area contributed by atoms with E-state index in [2.05, 4.69) is 35.0 Å². The quantitative estimate of drug-likeness (QED) is 0.436. The molecule has 0 amide bonds. The van der Waals surface area contributed by atoms with Crippen molar-refractivity contribution in [3.63, 3.8) is 0 Å². The molecule has 0 saturated heterocycles. The number of nitrogen functional groups attached to an aromatic ring is 1. The Morgan fingerprint density at radius 2 is 1.36 bits per heavy atom. The maximum Gasteiger partial charge on any atom is 0.196 e. The van der Waals surface area contributed by atoms with Gasteiger partial charge in [-0.2, -0.15) is 0 Å². The van der Waals surface area contributed by atoms with E-state index < -0.39 is 0 Å². The summed E-state index contributed by atoms with van der Waals surface area (Å²) in [5, 5.41) is 0. The predicted octanol–water partition coefficient (Wildman–Crippen LogP) is 4.80. The average molecular weight is 394 g/mol. The first kappa shape index (κ1) is 17.1. The minimum Gasteiger partial charge on any atom is -0.398 e. The Kier molecular flexibility index (Phi) is 4.81. The number of fused-ring (bicyclic) bond motifs is 2. The lowest BCUT2D eigenvalue weighted by molar-refractivity contribution is 0.0979. The fraction of sp³-hybridized carbons (Fsp3) is 0.0476. The average Bonchev–Trinajstić information content (AvgIpc) is 2.60. The minimum absolute atomic E-state index is 0.137. The van der Waals surface area contributed by atoms with Crippen LogP contribution in [0.5, 0.6) is 0 Å². The molecule has 25 heavy (non-hydrogen) atoms. The number of carbonyl (C=O) groups is 2. The van der Waals surface area contributed by atoms with Crippen molar-refractivity contribution in [1.29, 1.82) is 0 Å². The van der Waals surface area contributed by atoms with E-state index in [0.717, 1.165) is 4.47 Å². The zero-order valence-corrected chi connectivity index (χ0v) is 15.2. The monoisotopic (exact) mass is 393 g/mol. The zero-order valence-electron chi connectivity index (χ0n) is 13.6. The van der Waals surface area contributed by atoms with Crippen molar-refractivity contribution in [3.8, 4) is 0 Å². The lowest BCUT2D eigenvalue weighted by atomic mass is 9.83. The first-order chi connectivity index (χ1) is 12.0. The van der Waals surface area contributed by atoms with Gasteiger partial charge in [0, 0.05) is 26.9 Å². The second kappa shape index (κ2) is 7.03. The molecule has 124 valence electrons. The van der Waals surface area contributed by atoms with Crippen LogP contribution in [0.4, 0.5) is 5.69 Å². The van der Waals surface area contributed by atoms with Crippen LogP contribution in [0.25, 0.3) is 0 Å². The summed E-state index contributed by atoms with van der Waals surface area (Å²) < 4.78 is 1.15. The third-order valence-corrected chi connectivity index (χ3v) is 4.46. The highest BCUT2D eigenvalue weighted by Gasteiger charge is 2.30. The zero-order chi connectivity index (χ0) is 18.0. The molecule has 0 saturated carbocycles. The molecule has 1 aliphatic rings. The smallest absolute Gasteiger partial charge is 0.196 e. The molecule has 0 atom stereocenters. The Morgan fingerprint density at radius 1 is 0.760 bits per heavy atom. The van der Waals surface area contributed by atoms with Gasteiger partial charge in [0.05, 0.1) is 5.56 Å². The molecule has 0 bridgehead atoms. The molecule has 3 aromatic carbocycles. The summed E-state index contributed by atoms with van der Waals surface area (Å²) in [6.45, 7) is 2.07. The van der Waals surface area contributed by atoms with Crippen LogP contribution >= 0.6 is 15.9 Å². The molecule has 3 aromatic rings. The van der Waals surface area contributed by atoms with Gasteiger partial charge in [-0.05, 0) is 25.1 Å². The van der Waals surface area contributed by atoms with Gasteiger partial charge in [0.25, 0.3) is 0 Å². The van der Waals surface area contributed by atoms with Crippen molar-refractivity contribution in [2.45, 2.75) is 6.92 Å². The summed E-state index contributed by atoms with van der Waals surface area (Å²) in [6, 6.07) is 20.0. The fourth-order valence-electron chi connectivity index (χ4n) is 2.78. The second-order valence-corrected chi connectivity index (χ2v) is 6.69. The normalized spacial score (nSPS) is 11.9. The Bertz CT molecular complexity index is 962.